The maximum absolute atomic E-state index is 13.7. The number of carbonyl (C=O) groups is 1. The molecule has 0 spiro atoms. The SMILES string of the molecule is COC(C(=O)O)C1(c2c(F)cccc2F)CC1. The molecule has 1 aliphatic rings. The van der Waals surface area contributed by atoms with Crippen molar-refractivity contribution in [1.29, 1.82) is 0 Å². The minimum absolute atomic E-state index is 0.172. The van der Waals surface area contributed by atoms with Gasteiger partial charge in [-0.2, -0.15) is 0 Å². The molecule has 0 aromatic heterocycles. The molecule has 0 heterocycles. The molecule has 1 saturated carbocycles. The Balaban J connectivity index is 2.49. The van der Waals surface area contributed by atoms with Gasteiger partial charge in [0.05, 0.1) is 0 Å². The van der Waals surface area contributed by atoms with Crippen LogP contribution in [-0.2, 0) is 14.9 Å². The molecule has 1 atom stereocenters. The summed E-state index contributed by atoms with van der Waals surface area (Å²) < 4.78 is 32.2. The van der Waals surface area contributed by atoms with E-state index in [1.807, 2.05) is 0 Å². The van der Waals surface area contributed by atoms with Crippen LogP contribution in [-0.4, -0.2) is 24.3 Å². The van der Waals surface area contributed by atoms with Crippen LogP contribution in [0.2, 0.25) is 0 Å². The molecular formula is C12H12F2O3. The Morgan fingerprint density at radius 2 is 1.94 bits per heavy atom. The first kappa shape index (κ1) is 12.0. The van der Waals surface area contributed by atoms with Crippen LogP contribution in [0.5, 0.6) is 0 Å². The number of hydrogen-bond acceptors (Lipinski definition) is 2. The Morgan fingerprint density at radius 3 is 2.29 bits per heavy atom. The van der Waals surface area contributed by atoms with Crippen molar-refractivity contribution in [2.45, 2.75) is 24.4 Å². The van der Waals surface area contributed by atoms with Crippen LogP contribution in [0.4, 0.5) is 8.78 Å². The highest BCUT2D eigenvalue weighted by atomic mass is 19.1. The molecule has 0 bridgehead atoms. The molecule has 0 amide bonds. The molecule has 0 radical (unpaired) electrons. The molecule has 17 heavy (non-hydrogen) atoms. The normalized spacial score (nSPS) is 18.8. The smallest absolute Gasteiger partial charge is 0.333 e. The quantitative estimate of drug-likeness (QED) is 0.879. The summed E-state index contributed by atoms with van der Waals surface area (Å²) in [5.41, 5.74) is -1.23. The highest BCUT2D eigenvalue weighted by molar-refractivity contribution is 5.76. The molecular weight excluding hydrogens is 230 g/mol. The molecule has 1 unspecified atom stereocenters. The molecule has 1 aromatic carbocycles. The summed E-state index contributed by atoms with van der Waals surface area (Å²) in [7, 11) is 1.23. The van der Waals surface area contributed by atoms with E-state index < -0.39 is 29.1 Å². The van der Waals surface area contributed by atoms with E-state index in [-0.39, 0.29) is 5.56 Å². The molecule has 1 N–H and O–H groups in total. The van der Waals surface area contributed by atoms with Crippen molar-refractivity contribution < 1.29 is 23.4 Å². The van der Waals surface area contributed by atoms with Crippen molar-refractivity contribution in [3.63, 3.8) is 0 Å². The molecule has 5 heteroatoms. The largest absolute Gasteiger partial charge is 0.479 e. The molecule has 0 saturated heterocycles. The molecule has 1 aliphatic carbocycles. The Morgan fingerprint density at radius 1 is 1.41 bits per heavy atom. The third kappa shape index (κ3) is 1.80. The number of carboxylic acids is 1. The van der Waals surface area contributed by atoms with Crippen LogP contribution < -0.4 is 0 Å². The lowest BCUT2D eigenvalue weighted by Crippen LogP contribution is -2.37. The van der Waals surface area contributed by atoms with Gasteiger partial charge in [-0.15, -0.1) is 0 Å². The summed E-state index contributed by atoms with van der Waals surface area (Å²) in [4.78, 5) is 11.0. The van der Waals surface area contributed by atoms with Crippen LogP contribution in [0.15, 0.2) is 18.2 Å². The van der Waals surface area contributed by atoms with Gasteiger partial charge in [-0.3, -0.25) is 0 Å². The lowest BCUT2D eigenvalue weighted by Gasteiger charge is -2.23. The predicted octanol–water partition coefficient (Wildman–Crippen LogP) is 2.10. The number of methoxy groups -OCH3 is 1. The average Bonchev–Trinajstić information content (AvgIpc) is 2.99. The summed E-state index contributed by atoms with van der Waals surface area (Å²) in [6, 6.07) is 3.52. The average molecular weight is 242 g/mol. The fourth-order valence-electron chi connectivity index (χ4n) is 2.31. The summed E-state index contributed by atoms with van der Waals surface area (Å²) in [6.07, 6.45) is -0.389. The van der Waals surface area contributed by atoms with Crippen LogP contribution in [0.1, 0.15) is 18.4 Å². The van der Waals surface area contributed by atoms with E-state index in [1.165, 1.54) is 13.2 Å². The molecule has 3 nitrogen and oxygen atoms in total. The van der Waals surface area contributed by atoms with E-state index in [4.69, 9.17) is 9.84 Å². The minimum atomic E-state index is -1.21. The fraction of sp³-hybridized carbons (Fsp3) is 0.417. The summed E-state index contributed by atoms with van der Waals surface area (Å²) in [6.45, 7) is 0. The van der Waals surface area contributed by atoms with Gasteiger partial charge in [-0.05, 0) is 25.0 Å². The highest BCUT2D eigenvalue weighted by Gasteiger charge is 2.57. The molecule has 2 rings (SSSR count). The number of hydrogen-bond donors (Lipinski definition) is 1. The van der Waals surface area contributed by atoms with Crippen LogP contribution in [0, 0.1) is 11.6 Å². The first-order valence-corrected chi connectivity index (χ1v) is 5.23. The topological polar surface area (TPSA) is 46.5 Å². The number of benzene rings is 1. The van der Waals surface area contributed by atoms with Crippen molar-refractivity contribution in [2.75, 3.05) is 7.11 Å². The van der Waals surface area contributed by atoms with Gasteiger partial charge in [0.1, 0.15) is 11.6 Å². The van der Waals surface area contributed by atoms with Crippen molar-refractivity contribution in [3.05, 3.63) is 35.4 Å². The minimum Gasteiger partial charge on any atom is -0.479 e. The second-order valence-electron chi connectivity index (χ2n) is 4.21. The summed E-state index contributed by atoms with van der Waals surface area (Å²) in [5, 5.41) is 9.02. The van der Waals surface area contributed by atoms with E-state index in [0.29, 0.717) is 12.8 Å². The lowest BCUT2D eigenvalue weighted by atomic mass is 9.89. The van der Waals surface area contributed by atoms with E-state index >= 15 is 0 Å². The van der Waals surface area contributed by atoms with Crippen LogP contribution in [0.3, 0.4) is 0 Å². The third-order valence-corrected chi connectivity index (χ3v) is 3.21. The second kappa shape index (κ2) is 4.07. The van der Waals surface area contributed by atoms with Gasteiger partial charge in [0.2, 0.25) is 0 Å². The zero-order valence-corrected chi connectivity index (χ0v) is 9.24. The van der Waals surface area contributed by atoms with Crippen molar-refractivity contribution in [1.82, 2.24) is 0 Å². The Kier molecular flexibility index (Phi) is 2.87. The third-order valence-electron chi connectivity index (χ3n) is 3.21. The van der Waals surface area contributed by atoms with E-state index in [2.05, 4.69) is 0 Å². The number of halogens is 2. The van der Waals surface area contributed by atoms with Gasteiger partial charge in [0, 0.05) is 18.1 Å². The summed E-state index contributed by atoms with van der Waals surface area (Å²) in [5.74, 6) is -2.63. The molecule has 1 fully saturated rings. The van der Waals surface area contributed by atoms with E-state index in [0.717, 1.165) is 12.1 Å². The Labute approximate surface area is 97.0 Å². The zero-order valence-electron chi connectivity index (χ0n) is 9.24. The van der Waals surface area contributed by atoms with Crippen molar-refractivity contribution in [3.8, 4) is 0 Å². The maximum atomic E-state index is 13.7. The molecule has 92 valence electrons. The maximum Gasteiger partial charge on any atom is 0.333 e. The molecule has 1 aromatic rings. The second-order valence-corrected chi connectivity index (χ2v) is 4.21. The van der Waals surface area contributed by atoms with Gasteiger partial charge >= 0.3 is 5.97 Å². The number of carboxylic acid groups (broad SMARTS) is 1. The highest BCUT2D eigenvalue weighted by Crippen LogP contribution is 2.53. The Hall–Kier alpha value is -1.49. The summed E-state index contributed by atoms with van der Waals surface area (Å²) >= 11 is 0. The molecule has 0 aliphatic heterocycles. The number of rotatable bonds is 4. The standard InChI is InChI=1S/C12H12F2O3/c1-17-10(11(15)16)12(5-6-12)9-7(13)3-2-4-8(9)14/h2-4,10H,5-6H2,1H3,(H,15,16). The van der Waals surface area contributed by atoms with Crippen molar-refractivity contribution in [2.24, 2.45) is 0 Å². The van der Waals surface area contributed by atoms with Crippen LogP contribution in [0.25, 0.3) is 0 Å². The van der Waals surface area contributed by atoms with E-state index in [9.17, 15) is 13.6 Å². The van der Waals surface area contributed by atoms with Gasteiger partial charge in [-0.25, -0.2) is 13.6 Å². The monoisotopic (exact) mass is 242 g/mol. The predicted molar refractivity (Wildman–Crippen MR) is 55.7 cm³/mol. The number of ether oxygens (including phenoxy) is 1. The van der Waals surface area contributed by atoms with Gasteiger partial charge < -0.3 is 9.84 Å². The van der Waals surface area contributed by atoms with E-state index in [1.54, 1.807) is 0 Å². The fourth-order valence-corrected chi connectivity index (χ4v) is 2.31. The Bertz CT molecular complexity index is 435. The lowest BCUT2D eigenvalue weighted by molar-refractivity contribution is -0.150. The first-order chi connectivity index (χ1) is 8.03. The van der Waals surface area contributed by atoms with Crippen LogP contribution >= 0.6 is 0 Å². The van der Waals surface area contributed by atoms with Gasteiger partial charge in [-0.1, -0.05) is 6.07 Å². The van der Waals surface area contributed by atoms with Gasteiger partial charge in [0.15, 0.2) is 6.10 Å². The first-order valence-electron chi connectivity index (χ1n) is 5.23. The van der Waals surface area contributed by atoms with Gasteiger partial charge in [0.25, 0.3) is 0 Å². The zero-order chi connectivity index (χ0) is 12.6. The number of aliphatic carboxylic acids is 1. The van der Waals surface area contributed by atoms with Crippen molar-refractivity contribution >= 4 is 5.97 Å².